The lowest BCUT2D eigenvalue weighted by atomic mass is 10.7. The van der Waals surface area contributed by atoms with Crippen molar-refractivity contribution in [2.45, 2.75) is 0 Å². The van der Waals surface area contributed by atoms with Gasteiger partial charge in [0.05, 0.1) is 10.5 Å². The van der Waals surface area contributed by atoms with Gasteiger partial charge in [-0.1, -0.05) is 10.2 Å². The van der Waals surface area contributed by atoms with Crippen molar-refractivity contribution in [3.8, 4) is 11.8 Å². The average Bonchev–Trinajstić information content (AvgIpc) is 2.59. The Hall–Kier alpha value is -1.86. The highest BCUT2D eigenvalue weighted by Gasteiger charge is 2.10. The monoisotopic (exact) mass is 140 g/mol. The first-order chi connectivity index (χ1) is 4.97. The molecule has 10 heavy (non-hydrogen) atoms. The zero-order valence-electron chi connectivity index (χ0n) is 4.50. The van der Waals surface area contributed by atoms with Crippen molar-refractivity contribution in [1.29, 1.82) is 0 Å². The summed E-state index contributed by atoms with van der Waals surface area (Å²) in [5.74, 6) is 0.120. The second kappa shape index (κ2) is 1.83. The molecule has 2 rings (SSSR count). The van der Waals surface area contributed by atoms with Gasteiger partial charge in [-0.2, -0.15) is 0 Å². The van der Waals surface area contributed by atoms with E-state index in [-0.39, 0.29) is 11.8 Å². The first-order valence-corrected chi connectivity index (χ1v) is 2.27. The largest absolute Gasteiger partial charge is 0.338 e. The van der Waals surface area contributed by atoms with Crippen LogP contribution < -0.4 is 0 Å². The Balaban J connectivity index is 2.48. The molecule has 0 aliphatic carbocycles. The van der Waals surface area contributed by atoms with Crippen molar-refractivity contribution in [3.63, 3.8) is 0 Å². The van der Waals surface area contributed by atoms with E-state index in [0.29, 0.717) is 0 Å². The summed E-state index contributed by atoms with van der Waals surface area (Å²) in [7, 11) is 0. The van der Waals surface area contributed by atoms with E-state index < -0.39 is 0 Å². The predicted octanol–water partition coefficient (Wildman–Crippen LogP) is -1.09. The summed E-state index contributed by atoms with van der Waals surface area (Å²) in [4.78, 5) is 0. The molecule has 0 aliphatic heterocycles. The minimum atomic E-state index is 0.0602. The van der Waals surface area contributed by atoms with Crippen molar-refractivity contribution in [1.82, 2.24) is 31.2 Å². The van der Waals surface area contributed by atoms with Crippen LogP contribution in [0, 0.1) is 0 Å². The van der Waals surface area contributed by atoms with Crippen LogP contribution in [0.2, 0.25) is 0 Å². The maximum atomic E-state index is 4.47. The molecule has 0 radical (unpaired) electrons. The van der Waals surface area contributed by atoms with E-state index >= 15 is 0 Å². The van der Waals surface area contributed by atoms with Crippen molar-refractivity contribution in [2.75, 3.05) is 0 Å². The lowest BCUT2D eigenvalue weighted by molar-refractivity contribution is 0.363. The third-order valence-corrected chi connectivity index (χ3v) is 0.782. The number of rotatable bonds is 1. The molecule has 0 atom stereocenters. The molecule has 0 bridgehead atoms. The Bertz CT molecular complexity index is 253. The highest BCUT2D eigenvalue weighted by atomic mass is 16.5. The van der Waals surface area contributed by atoms with E-state index in [1.165, 1.54) is 0 Å². The van der Waals surface area contributed by atoms with Crippen LogP contribution >= 0.6 is 0 Å². The molecule has 50 valence electrons. The van der Waals surface area contributed by atoms with Gasteiger partial charge in [0.15, 0.2) is 0 Å². The van der Waals surface area contributed by atoms with E-state index in [2.05, 4.69) is 40.2 Å². The van der Waals surface area contributed by atoms with E-state index in [0.717, 1.165) is 0 Å². The number of nitrogens with zero attached hydrogens (tertiary/aromatic N) is 6. The van der Waals surface area contributed by atoms with Crippen molar-refractivity contribution in [2.24, 2.45) is 0 Å². The lowest BCUT2D eigenvalue weighted by Crippen LogP contribution is -1.76. The van der Waals surface area contributed by atoms with Crippen molar-refractivity contribution >= 4 is 0 Å². The summed E-state index contributed by atoms with van der Waals surface area (Å²) in [5, 5.41) is 19.3. The first-order valence-electron chi connectivity index (χ1n) is 2.27. The Kier molecular flexibility index (Phi) is 0.907. The van der Waals surface area contributed by atoms with E-state index in [4.69, 9.17) is 0 Å². The van der Waals surface area contributed by atoms with Crippen molar-refractivity contribution in [3.05, 3.63) is 0 Å². The second-order valence-corrected chi connectivity index (χ2v) is 1.34. The summed E-state index contributed by atoms with van der Waals surface area (Å²) in [5.41, 5.74) is 0. The Morgan fingerprint density at radius 3 is 1.60 bits per heavy atom. The van der Waals surface area contributed by atoms with E-state index in [9.17, 15) is 0 Å². The molecule has 0 aromatic carbocycles. The Morgan fingerprint density at radius 1 is 0.800 bits per heavy atom. The quantitative estimate of drug-likeness (QED) is 0.492. The van der Waals surface area contributed by atoms with Crippen LogP contribution in [-0.2, 0) is 0 Å². The third kappa shape index (κ3) is 0.623. The number of hydrogen-bond donors (Lipinski definition) is 0. The maximum Gasteiger partial charge on any atom is 0.338 e. The normalized spacial score (nSPS) is 10.0. The molecule has 0 aliphatic rings. The zero-order valence-corrected chi connectivity index (χ0v) is 4.50. The van der Waals surface area contributed by atoms with Crippen molar-refractivity contribution < 1.29 is 9.05 Å². The molecule has 2 aromatic rings. The molecule has 2 aromatic heterocycles. The molecular weight excluding hydrogens is 140 g/mol. The lowest BCUT2D eigenvalue weighted by Gasteiger charge is -1.72. The van der Waals surface area contributed by atoms with Gasteiger partial charge in [0.25, 0.3) is 0 Å². The maximum absolute atomic E-state index is 4.47. The molecular formula is C2N6O2. The summed E-state index contributed by atoms with van der Waals surface area (Å²) < 4.78 is 8.94. The topological polar surface area (TPSA) is 104 Å². The molecule has 8 heteroatoms. The van der Waals surface area contributed by atoms with Gasteiger partial charge in [0, 0.05) is 0 Å². The average molecular weight is 140 g/mol. The smallest absolute Gasteiger partial charge is 0.309 e. The fourth-order valence-corrected chi connectivity index (χ4v) is 0.432. The SMILES string of the molecule is n1noc(-c2nnno2)n1. The molecule has 2 heterocycles. The Morgan fingerprint density at radius 2 is 1.30 bits per heavy atom. The van der Waals surface area contributed by atoms with Gasteiger partial charge in [-0.25, -0.2) is 0 Å². The molecule has 0 N–H and O–H groups in total. The van der Waals surface area contributed by atoms with E-state index in [1.807, 2.05) is 0 Å². The van der Waals surface area contributed by atoms with Crippen LogP contribution in [0.4, 0.5) is 0 Å². The van der Waals surface area contributed by atoms with Gasteiger partial charge in [-0.05, 0) is 10.4 Å². The van der Waals surface area contributed by atoms with Gasteiger partial charge in [0.2, 0.25) is 0 Å². The molecule has 8 nitrogen and oxygen atoms in total. The number of aromatic nitrogens is 6. The molecule has 0 saturated heterocycles. The summed E-state index contributed by atoms with van der Waals surface area (Å²) in [6.07, 6.45) is 0. The van der Waals surface area contributed by atoms with Gasteiger partial charge in [-0.3, -0.25) is 0 Å². The summed E-state index contributed by atoms with van der Waals surface area (Å²) in [6, 6.07) is 0. The minimum absolute atomic E-state index is 0.0602. The highest BCUT2D eigenvalue weighted by molar-refractivity contribution is 5.31. The highest BCUT2D eigenvalue weighted by Crippen LogP contribution is 2.06. The standard InChI is InChI=1S/C2N6O2/c3-1(9-7-5-3)2-4-6-8-10-2. The van der Waals surface area contributed by atoms with Gasteiger partial charge in [-0.15, -0.1) is 0 Å². The molecule has 0 fully saturated rings. The summed E-state index contributed by atoms with van der Waals surface area (Å²) in [6.45, 7) is 0. The van der Waals surface area contributed by atoms with Gasteiger partial charge < -0.3 is 9.05 Å². The van der Waals surface area contributed by atoms with Crippen LogP contribution in [0.3, 0.4) is 0 Å². The fourth-order valence-electron chi connectivity index (χ4n) is 0.432. The van der Waals surface area contributed by atoms with E-state index in [1.54, 1.807) is 0 Å². The van der Waals surface area contributed by atoms with Crippen LogP contribution in [0.25, 0.3) is 11.8 Å². The zero-order chi connectivity index (χ0) is 6.81. The van der Waals surface area contributed by atoms with Crippen LogP contribution in [0.5, 0.6) is 0 Å². The first kappa shape index (κ1) is 4.97. The third-order valence-electron chi connectivity index (χ3n) is 0.782. The molecule has 0 unspecified atom stereocenters. The molecule has 0 saturated carbocycles. The van der Waals surface area contributed by atoms with Crippen LogP contribution in [0.15, 0.2) is 9.05 Å². The fraction of sp³-hybridized carbons (Fsp3) is 0. The molecule has 0 spiro atoms. The predicted molar refractivity (Wildman–Crippen MR) is 23.2 cm³/mol. The number of hydrogen-bond acceptors (Lipinski definition) is 8. The van der Waals surface area contributed by atoms with Gasteiger partial charge in [0.1, 0.15) is 0 Å². The second-order valence-electron chi connectivity index (χ2n) is 1.34. The summed E-state index contributed by atoms with van der Waals surface area (Å²) >= 11 is 0. The minimum Gasteiger partial charge on any atom is -0.309 e. The Labute approximate surface area is 53.2 Å². The van der Waals surface area contributed by atoms with Crippen LogP contribution in [0.1, 0.15) is 0 Å². The van der Waals surface area contributed by atoms with Crippen LogP contribution in [-0.4, -0.2) is 31.2 Å². The molecule has 0 amide bonds. The van der Waals surface area contributed by atoms with Gasteiger partial charge >= 0.3 is 11.8 Å².